The number of nitriles is 1. The number of rotatable bonds is 5. The lowest BCUT2D eigenvalue weighted by Crippen LogP contribution is -2.45. The molecule has 1 unspecified atom stereocenters. The maximum absolute atomic E-state index is 12.4. The first-order valence-corrected chi connectivity index (χ1v) is 11.0. The number of hydrazone groups is 1. The number of guanidine groups is 1. The zero-order valence-corrected chi connectivity index (χ0v) is 17.9. The third-order valence-corrected chi connectivity index (χ3v) is 6.37. The molecule has 4 rings (SSSR count). The molecule has 1 fully saturated rings. The Hall–Kier alpha value is -2.89. The second-order valence-corrected chi connectivity index (χ2v) is 8.77. The summed E-state index contributed by atoms with van der Waals surface area (Å²) in [5.41, 5.74) is 1.97. The van der Waals surface area contributed by atoms with E-state index in [-0.39, 0.29) is 11.9 Å². The molecule has 1 N–H and O–H groups in total. The van der Waals surface area contributed by atoms with E-state index >= 15 is 0 Å². The van der Waals surface area contributed by atoms with Crippen molar-refractivity contribution in [1.82, 2.24) is 15.2 Å². The van der Waals surface area contributed by atoms with Crippen LogP contribution in [0.5, 0.6) is 0 Å². The van der Waals surface area contributed by atoms with E-state index in [9.17, 15) is 10.1 Å². The average molecular weight is 441 g/mol. The van der Waals surface area contributed by atoms with Gasteiger partial charge in [-0.05, 0) is 30.5 Å². The average Bonchev–Trinajstić information content (AvgIpc) is 3.47. The smallest absolute Gasteiger partial charge is 0.228 e. The minimum Gasteiger partial charge on any atom is -0.332 e. The largest absolute Gasteiger partial charge is 0.332 e. The summed E-state index contributed by atoms with van der Waals surface area (Å²) in [4.78, 5) is 19.8. The molecule has 30 heavy (non-hydrogen) atoms. The number of nitrogens with zero attached hydrogens (tertiary/aromatic N) is 5. The van der Waals surface area contributed by atoms with Gasteiger partial charge >= 0.3 is 0 Å². The number of benzene rings is 1. The topological polar surface area (TPSA) is 84.1 Å². The van der Waals surface area contributed by atoms with Crippen LogP contribution in [0.1, 0.15) is 23.3 Å². The minimum absolute atomic E-state index is 0.132. The molecule has 1 aromatic carbocycles. The number of likely N-dealkylation sites (tertiary alicyclic amines) is 1. The van der Waals surface area contributed by atoms with Gasteiger partial charge in [-0.2, -0.15) is 10.4 Å². The number of hydrogen-bond donors (Lipinski definition) is 1. The zero-order chi connectivity index (χ0) is 20.9. The van der Waals surface area contributed by atoms with Crippen LogP contribution in [0.25, 0.3) is 0 Å². The van der Waals surface area contributed by atoms with Crippen LogP contribution in [-0.4, -0.2) is 53.2 Å². The molecule has 1 aromatic heterocycles. The first-order chi connectivity index (χ1) is 14.7. The normalized spacial score (nSPS) is 19.2. The molecule has 1 amide bonds. The quantitative estimate of drug-likeness (QED) is 0.335. The van der Waals surface area contributed by atoms with Crippen LogP contribution in [-0.2, 0) is 11.2 Å². The Bertz CT molecular complexity index is 1010. The lowest BCUT2D eigenvalue weighted by atomic mass is 10.1. The van der Waals surface area contributed by atoms with Crippen molar-refractivity contribution in [2.24, 2.45) is 10.1 Å². The molecule has 9 heteroatoms. The first-order valence-electron chi connectivity index (χ1n) is 9.80. The second kappa shape index (κ2) is 9.28. The molecule has 2 aliphatic rings. The number of carbonyl (C=O) groups is 1. The van der Waals surface area contributed by atoms with Gasteiger partial charge in [0, 0.05) is 19.5 Å². The van der Waals surface area contributed by atoms with Gasteiger partial charge in [-0.25, -0.2) is 5.01 Å². The Kier molecular flexibility index (Phi) is 6.31. The number of hydrogen-bond acceptors (Lipinski definition) is 5. The fraction of sp³-hybridized carbons (Fsp3) is 0.333. The maximum Gasteiger partial charge on any atom is 0.228 e. The van der Waals surface area contributed by atoms with Crippen molar-refractivity contribution in [3.05, 3.63) is 57.2 Å². The lowest BCUT2D eigenvalue weighted by molar-refractivity contribution is -0.128. The highest BCUT2D eigenvalue weighted by molar-refractivity contribution is 7.18. The summed E-state index contributed by atoms with van der Waals surface area (Å²) < 4.78 is 0.671. The van der Waals surface area contributed by atoms with Crippen LogP contribution in [0.3, 0.4) is 0 Å². The molecule has 0 aliphatic carbocycles. The molecule has 0 bridgehead atoms. The summed E-state index contributed by atoms with van der Waals surface area (Å²) in [7, 11) is 0. The Labute approximate surface area is 184 Å². The number of carbonyl (C=O) groups excluding carboxylic acids is 1. The monoisotopic (exact) mass is 440 g/mol. The Balaban J connectivity index is 1.57. The number of thiophene rings is 1. The van der Waals surface area contributed by atoms with Crippen molar-refractivity contribution in [3.8, 4) is 6.19 Å². The molecule has 7 nitrogen and oxygen atoms in total. The highest BCUT2D eigenvalue weighted by Gasteiger charge is 2.39. The van der Waals surface area contributed by atoms with Gasteiger partial charge in [0.1, 0.15) is 5.71 Å². The van der Waals surface area contributed by atoms with E-state index in [0.29, 0.717) is 36.4 Å². The second-order valence-electron chi connectivity index (χ2n) is 7.06. The van der Waals surface area contributed by atoms with Gasteiger partial charge in [-0.15, -0.1) is 11.3 Å². The highest BCUT2D eigenvalue weighted by atomic mass is 35.5. The fourth-order valence-electron chi connectivity index (χ4n) is 3.70. The van der Waals surface area contributed by atoms with E-state index in [1.165, 1.54) is 16.9 Å². The van der Waals surface area contributed by atoms with E-state index in [0.717, 1.165) is 23.4 Å². The standard InChI is InChI=1S/C21H21ClN6OS/c22-18-9-8-17(30-18)20-16(27-12-4-7-19(27)29)13-28(26-20)21(25-14-23)24-11-10-15-5-2-1-3-6-15/h1-3,5-6,8-9,16H,4,7,10-13H2,(H,24,25). The Morgan fingerprint density at radius 2 is 2.17 bits per heavy atom. The molecule has 154 valence electrons. The summed E-state index contributed by atoms with van der Waals surface area (Å²) in [6.45, 7) is 1.69. The molecule has 1 saturated heterocycles. The van der Waals surface area contributed by atoms with Crippen LogP contribution in [0.15, 0.2) is 52.6 Å². The van der Waals surface area contributed by atoms with Gasteiger partial charge in [0.25, 0.3) is 0 Å². The third kappa shape index (κ3) is 4.48. The summed E-state index contributed by atoms with van der Waals surface area (Å²) in [5, 5.41) is 18.3. The van der Waals surface area contributed by atoms with Gasteiger partial charge in [0.2, 0.25) is 11.9 Å². The molecule has 2 aromatic rings. The van der Waals surface area contributed by atoms with E-state index in [2.05, 4.69) is 22.4 Å². The zero-order valence-electron chi connectivity index (χ0n) is 16.3. The van der Waals surface area contributed by atoms with Crippen molar-refractivity contribution < 1.29 is 4.79 Å². The van der Waals surface area contributed by atoms with E-state index < -0.39 is 0 Å². The van der Waals surface area contributed by atoms with Crippen LogP contribution < -0.4 is 5.32 Å². The van der Waals surface area contributed by atoms with Crippen LogP contribution in [0.2, 0.25) is 4.34 Å². The van der Waals surface area contributed by atoms with E-state index in [1.54, 1.807) is 5.01 Å². The van der Waals surface area contributed by atoms with Crippen molar-refractivity contribution in [3.63, 3.8) is 0 Å². The van der Waals surface area contributed by atoms with Crippen LogP contribution in [0.4, 0.5) is 0 Å². The van der Waals surface area contributed by atoms with Crippen molar-refractivity contribution in [1.29, 1.82) is 5.26 Å². The molecule has 3 heterocycles. The van der Waals surface area contributed by atoms with Gasteiger partial charge < -0.3 is 4.90 Å². The highest BCUT2D eigenvalue weighted by Crippen LogP contribution is 2.29. The SMILES string of the molecule is N#CNC(=NCCc1ccccc1)N1CC(N2CCCC2=O)C(c2ccc(Cl)s2)=N1. The third-order valence-electron chi connectivity index (χ3n) is 5.12. The van der Waals surface area contributed by atoms with E-state index in [4.69, 9.17) is 16.7 Å². The predicted molar refractivity (Wildman–Crippen MR) is 119 cm³/mol. The molecular formula is C21H21ClN6OS. The van der Waals surface area contributed by atoms with Crippen LogP contribution >= 0.6 is 22.9 Å². The lowest BCUT2D eigenvalue weighted by Gasteiger charge is -2.25. The molecule has 0 saturated carbocycles. The number of nitrogens with one attached hydrogen (secondary N) is 1. The van der Waals surface area contributed by atoms with Crippen molar-refractivity contribution in [2.45, 2.75) is 25.3 Å². The molecule has 0 spiro atoms. The van der Waals surface area contributed by atoms with Gasteiger partial charge in [-0.1, -0.05) is 41.9 Å². The van der Waals surface area contributed by atoms with Crippen molar-refractivity contribution >= 4 is 40.5 Å². The number of amides is 1. The van der Waals surface area contributed by atoms with Gasteiger partial charge in [0.05, 0.1) is 21.8 Å². The van der Waals surface area contributed by atoms with Gasteiger partial charge in [-0.3, -0.25) is 15.1 Å². The van der Waals surface area contributed by atoms with E-state index in [1.807, 2.05) is 41.4 Å². The molecule has 2 aliphatic heterocycles. The summed E-state index contributed by atoms with van der Waals surface area (Å²) in [6.07, 6.45) is 4.12. The van der Waals surface area contributed by atoms with Crippen LogP contribution in [0, 0.1) is 11.5 Å². The molecule has 1 atom stereocenters. The number of aliphatic imine (C=N–C) groups is 1. The Morgan fingerprint density at radius 3 is 2.83 bits per heavy atom. The maximum atomic E-state index is 12.4. The Morgan fingerprint density at radius 1 is 1.33 bits per heavy atom. The summed E-state index contributed by atoms with van der Waals surface area (Å²) >= 11 is 7.58. The predicted octanol–water partition coefficient (Wildman–Crippen LogP) is 3.08. The first kappa shape index (κ1) is 20.4. The number of halogens is 1. The molecule has 0 radical (unpaired) electrons. The van der Waals surface area contributed by atoms with Gasteiger partial charge in [0.15, 0.2) is 6.19 Å². The molecular weight excluding hydrogens is 420 g/mol. The minimum atomic E-state index is -0.186. The summed E-state index contributed by atoms with van der Waals surface area (Å²) in [5.74, 6) is 0.524. The van der Waals surface area contributed by atoms with Crippen molar-refractivity contribution in [2.75, 3.05) is 19.6 Å². The fourth-order valence-corrected chi connectivity index (χ4v) is 4.78. The summed E-state index contributed by atoms with van der Waals surface area (Å²) in [6, 6.07) is 13.6.